The van der Waals surface area contributed by atoms with Gasteiger partial charge in [0.1, 0.15) is 11.3 Å². The van der Waals surface area contributed by atoms with E-state index in [0.29, 0.717) is 24.2 Å². The smallest absolute Gasteiger partial charge is 0.308 e. The number of hydrogen-bond donors (Lipinski definition) is 2. The molecule has 0 radical (unpaired) electrons. The van der Waals surface area contributed by atoms with Crippen LogP contribution in [0.25, 0.3) is 11.0 Å². The molecule has 3 rings (SSSR count). The van der Waals surface area contributed by atoms with E-state index in [1.807, 2.05) is 19.1 Å². The maximum atomic E-state index is 12.5. The molecule has 6 nitrogen and oxygen atoms in total. The predicted octanol–water partition coefficient (Wildman–Crippen LogP) is 3.13. The van der Waals surface area contributed by atoms with Gasteiger partial charge in [0.25, 0.3) is 0 Å². The van der Waals surface area contributed by atoms with Gasteiger partial charge >= 0.3 is 5.97 Å². The van der Waals surface area contributed by atoms with Crippen molar-refractivity contribution < 1.29 is 23.8 Å². The van der Waals surface area contributed by atoms with Gasteiger partial charge < -0.3 is 19.6 Å². The average molecular weight is 345 g/mol. The third kappa shape index (κ3) is 3.48. The maximum Gasteiger partial charge on any atom is 0.308 e. The number of benzene rings is 1. The number of carbonyl (C=O) groups excluding carboxylic acids is 1. The summed E-state index contributed by atoms with van der Waals surface area (Å²) in [6, 6.07) is 5.46. The normalized spacial score (nSPS) is 23.4. The molecular formula is C19H23NO5. The van der Waals surface area contributed by atoms with Crippen molar-refractivity contribution in [3.63, 3.8) is 0 Å². The zero-order valence-electron chi connectivity index (χ0n) is 14.5. The number of hydrogen-bond acceptors (Lipinski definition) is 4. The van der Waals surface area contributed by atoms with Crippen molar-refractivity contribution in [2.75, 3.05) is 7.11 Å². The van der Waals surface area contributed by atoms with E-state index in [1.54, 1.807) is 19.4 Å². The predicted molar refractivity (Wildman–Crippen MR) is 92.6 cm³/mol. The van der Waals surface area contributed by atoms with E-state index < -0.39 is 17.4 Å². The largest absolute Gasteiger partial charge is 0.497 e. The van der Waals surface area contributed by atoms with Crippen LogP contribution in [0.4, 0.5) is 0 Å². The third-order valence-corrected chi connectivity index (χ3v) is 5.14. The van der Waals surface area contributed by atoms with E-state index in [9.17, 15) is 14.7 Å². The van der Waals surface area contributed by atoms with Gasteiger partial charge in [-0.25, -0.2) is 0 Å². The summed E-state index contributed by atoms with van der Waals surface area (Å²) in [6.45, 7) is 1.83. The van der Waals surface area contributed by atoms with Crippen LogP contribution in [0.5, 0.6) is 5.75 Å². The number of carboxylic acid groups (broad SMARTS) is 1. The Morgan fingerprint density at radius 1 is 1.40 bits per heavy atom. The van der Waals surface area contributed by atoms with E-state index in [4.69, 9.17) is 9.15 Å². The Bertz CT molecular complexity index is 796. The van der Waals surface area contributed by atoms with Gasteiger partial charge in [-0.2, -0.15) is 0 Å². The molecule has 25 heavy (non-hydrogen) atoms. The van der Waals surface area contributed by atoms with Crippen molar-refractivity contribution in [2.24, 2.45) is 5.92 Å². The number of carboxylic acids is 1. The average Bonchev–Trinajstić information content (AvgIpc) is 2.96. The Kier molecular flexibility index (Phi) is 4.70. The minimum atomic E-state index is -0.844. The highest BCUT2D eigenvalue weighted by Crippen LogP contribution is 2.34. The highest BCUT2D eigenvalue weighted by molar-refractivity contribution is 5.89. The molecule has 1 saturated carbocycles. The summed E-state index contributed by atoms with van der Waals surface area (Å²) in [6.07, 6.45) is 4.81. The van der Waals surface area contributed by atoms with Crippen LogP contribution in [-0.4, -0.2) is 29.6 Å². The van der Waals surface area contributed by atoms with E-state index in [-0.39, 0.29) is 12.3 Å². The minimum absolute atomic E-state index is 0.154. The summed E-state index contributed by atoms with van der Waals surface area (Å²) in [4.78, 5) is 24.1. The van der Waals surface area contributed by atoms with Gasteiger partial charge in [-0.05, 0) is 31.9 Å². The molecule has 1 heterocycles. The molecule has 2 N–H and O–H groups in total. The molecule has 1 aromatic carbocycles. The lowest BCUT2D eigenvalue weighted by molar-refractivity contribution is -0.146. The summed E-state index contributed by atoms with van der Waals surface area (Å²) in [7, 11) is 1.59. The number of carbonyl (C=O) groups is 2. The van der Waals surface area contributed by atoms with Crippen LogP contribution in [0, 0.1) is 5.92 Å². The van der Waals surface area contributed by atoms with E-state index in [1.165, 1.54) is 0 Å². The molecule has 1 amide bonds. The first kappa shape index (κ1) is 17.3. The summed E-state index contributed by atoms with van der Waals surface area (Å²) in [5.41, 5.74) is 0.736. The van der Waals surface area contributed by atoms with Gasteiger partial charge in [-0.1, -0.05) is 12.8 Å². The molecule has 0 spiro atoms. The molecule has 1 aromatic heterocycles. The van der Waals surface area contributed by atoms with Crippen LogP contribution in [0.2, 0.25) is 0 Å². The topological polar surface area (TPSA) is 88.8 Å². The second-order valence-electron chi connectivity index (χ2n) is 6.90. The molecule has 1 fully saturated rings. The Morgan fingerprint density at radius 2 is 2.20 bits per heavy atom. The number of amides is 1. The fourth-order valence-corrected chi connectivity index (χ4v) is 3.74. The van der Waals surface area contributed by atoms with Crippen molar-refractivity contribution in [1.82, 2.24) is 5.32 Å². The van der Waals surface area contributed by atoms with Gasteiger partial charge in [0.15, 0.2) is 0 Å². The zero-order chi connectivity index (χ0) is 18.0. The molecule has 1 aliphatic carbocycles. The minimum Gasteiger partial charge on any atom is -0.497 e. The number of methoxy groups -OCH3 is 1. The molecular weight excluding hydrogens is 322 g/mol. The quantitative estimate of drug-likeness (QED) is 0.869. The van der Waals surface area contributed by atoms with E-state index in [0.717, 1.165) is 23.8 Å². The molecule has 134 valence electrons. The number of nitrogens with one attached hydrogen (secondary N) is 1. The van der Waals surface area contributed by atoms with Crippen LogP contribution >= 0.6 is 0 Å². The lowest BCUT2D eigenvalue weighted by Crippen LogP contribution is -2.55. The number of ether oxygens (including phenoxy) is 1. The summed E-state index contributed by atoms with van der Waals surface area (Å²) < 4.78 is 10.7. The van der Waals surface area contributed by atoms with Crippen LogP contribution in [0.15, 0.2) is 28.9 Å². The summed E-state index contributed by atoms with van der Waals surface area (Å²) in [5, 5.41) is 13.3. The van der Waals surface area contributed by atoms with Crippen molar-refractivity contribution in [1.29, 1.82) is 0 Å². The first-order chi connectivity index (χ1) is 11.9. The number of furan rings is 1. The number of aliphatic carboxylic acids is 1. The van der Waals surface area contributed by atoms with E-state index >= 15 is 0 Å². The lowest BCUT2D eigenvalue weighted by Gasteiger charge is -2.39. The lowest BCUT2D eigenvalue weighted by atomic mass is 9.74. The molecule has 2 aromatic rings. The second-order valence-corrected chi connectivity index (χ2v) is 6.90. The van der Waals surface area contributed by atoms with Gasteiger partial charge in [0.2, 0.25) is 5.91 Å². The van der Waals surface area contributed by atoms with Crippen molar-refractivity contribution in [3.05, 3.63) is 30.0 Å². The first-order valence-electron chi connectivity index (χ1n) is 8.51. The highest BCUT2D eigenvalue weighted by Gasteiger charge is 2.42. The SMILES string of the molecule is COc1ccc2c(CC(=O)NC3(C)CCCCC3C(=O)O)coc2c1. The molecule has 6 heteroatoms. The fraction of sp³-hybridized carbons (Fsp3) is 0.474. The van der Waals surface area contributed by atoms with Crippen LogP contribution in [0.1, 0.15) is 38.2 Å². The highest BCUT2D eigenvalue weighted by atomic mass is 16.5. The van der Waals surface area contributed by atoms with Crippen LogP contribution in [0.3, 0.4) is 0 Å². The summed E-state index contributed by atoms with van der Waals surface area (Å²) >= 11 is 0. The zero-order valence-corrected chi connectivity index (χ0v) is 14.5. The van der Waals surface area contributed by atoms with E-state index in [2.05, 4.69) is 5.32 Å². The fourth-order valence-electron chi connectivity index (χ4n) is 3.74. The van der Waals surface area contributed by atoms with Gasteiger partial charge in [0, 0.05) is 17.0 Å². The molecule has 1 aliphatic rings. The van der Waals surface area contributed by atoms with Crippen LogP contribution < -0.4 is 10.1 Å². The second kappa shape index (κ2) is 6.78. The maximum absolute atomic E-state index is 12.5. The van der Waals surface area contributed by atoms with Crippen molar-refractivity contribution >= 4 is 22.8 Å². The van der Waals surface area contributed by atoms with Gasteiger partial charge in [-0.3, -0.25) is 9.59 Å². The Balaban J connectivity index is 1.75. The van der Waals surface area contributed by atoms with Gasteiger partial charge in [-0.15, -0.1) is 0 Å². The molecule has 2 atom stereocenters. The molecule has 2 unspecified atom stereocenters. The van der Waals surface area contributed by atoms with Crippen LogP contribution in [-0.2, 0) is 16.0 Å². The number of rotatable bonds is 5. The molecule has 0 aliphatic heterocycles. The van der Waals surface area contributed by atoms with Gasteiger partial charge in [0.05, 0.1) is 31.3 Å². The Morgan fingerprint density at radius 3 is 2.92 bits per heavy atom. The first-order valence-corrected chi connectivity index (χ1v) is 8.51. The summed E-state index contributed by atoms with van der Waals surface area (Å²) in [5.74, 6) is -0.884. The third-order valence-electron chi connectivity index (χ3n) is 5.14. The molecule has 0 bridgehead atoms. The van der Waals surface area contributed by atoms with Crippen molar-refractivity contribution in [3.8, 4) is 5.75 Å². The number of fused-ring (bicyclic) bond motifs is 1. The Hall–Kier alpha value is -2.50. The molecule has 0 saturated heterocycles. The Labute approximate surface area is 146 Å². The van der Waals surface area contributed by atoms with Crippen molar-refractivity contribution in [2.45, 2.75) is 44.6 Å². The standard InChI is InChI=1S/C19H23NO5/c1-19(8-4-3-5-15(19)18(22)23)20-17(21)9-12-11-25-16-10-13(24-2)6-7-14(12)16/h6-7,10-11,15H,3-5,8-9H2,1-2H3,(H,20,21)(H,22,23). The monoisotopic (exact) mass is 345 g/mol.